The molecule has 1 heterocycles. The fraction of sp³-hybridized carbons (Fsp3) is 0.0811. The summed E-state index contributed by atoms with van der Waals surface area (Å²) in [6.07, 6.45) is 4.21. The molecule has 0 spiro atoms. The number of hydrogen-bond donors (Lipinski definition) is 0. The van der Waals surface area contributed by atoms with E-state index in [0.29, 0.717) is 11.5 Å². The van der Waals surface area contributed by atoms with Crippen LogP contribution in [-0.2, 0) is 16.6 Å². The zero-order chi connectivity index (χ0) is 28.9. The Morgan fingerprint density at radius 3 is 2.00 bits per heavy atom. The van der Waals surface area contributed by atoms with Crippen LogP contribution in [-0.4, -0.2) is 8.42 Å². The molecule has 0 amide bonds. The molecule has 0 saturated carbocycles. The van der Waals surface area contributed by atoms with E-state index in [-0.39, 0.29) is 17.4 Å². The highest BCUT2D eigenvalue weighted by molar-refractivity contribution is 7.92. The molecule has 6 aromatic rings. The summed E-state index contributed by atoms with van der Waals surface area (Å²) in [5, 5.41) is 0.872. The van der Waals surface area contributed by atoms with E-state index in [4.69, 9.17) is 4.42 Å². The fourth-order valence-corrected chi connectivity index (χ4v) is 6.60. The normalized spacial score (nSPS) is 12.5. The third kappa shape index (κ3) is 5.65. The molecule has 5 aromatic carbocycles. The molecule has 0 aliphatic heterocycles. The highest BCUT2D eigenvalue weighted by Gasteiger charge is 2.33. The summed E-state index contributed by atoms with van der Waals surface area (Å²) >= 11 is 0. The zero-order valence-electron chi connectivity index (χ0n) is 23.3. The first-order valence-electron chi connectivity index (χ1n) is 13.9. The topological polar surface area (TPSA) is 50.5 Å². The van der Waals surface area contributed by atoms with Gasteiger partial charge >= 0.3 is 0 Å². The minimum atomic E-state index is -4.01. The standard InChI is InChI=1S/C37H31NO3S/c1-28-21-24-32(25-22-28)42(39,40)38(27-30-15-7-3-8-16-30)37-36(34-19-11-12-20-35(34)41-37)33(31-17-9-4-10-18-31)26-23-29-13-5-2-6-14-29/h2-26,33H,27H2,1H3/b26-23+. The van der Waals surface area contributed by atoms with Gasteiger partial charge in [0, 0.05) is 16.9 Å². The van der Waals surface area contributed by atoms with Gasteiger partial charge in [-0.3, -0.25) is 0 Å². The van der Waals surface area contributed by atoms with E-state index >= 15 is 0 Å². The van der Waals surface area contributed by atoms with Crippen molar-refractivity contribution in [3.8, 4) is 0 Å². The number of hydrogen-bond acceptors (Lipinski definition) is 3. The van der Waals surface area contributed by atoms with Crippen molar-refractivity contribution in [3.63, 3.8) is 0 Å². The Balaban J connectivity index is 1.60. The number of fused-ring (bicyclic) bond motifs is 1. The number of furan rings is 1. The molecule has 0 fully saturated rings. The molecular formula is C37H31NO3S. The Labute approximate surface area is 247 Å². The van der Waals surface area contributed by atoms with Gasteiger partial charge < -0.3 is 4.42 Å². The Morgan fingerprint density at radius 1 is 0.714 bits per heavy atom. The van der Waals surface area contributed by atoms with Gasteiger partial charge in [-0.1, -0.05) is 139 Å². The molecule has 0 radical (unpaired) electrons. The van der Waals surface area contributed by atoms with Crippen molar-refractivity contribution in [3.05, 3.63) is 173 Å². The molecule has 4 nitrogen and oxygen atoms in total. The molecule has 1 unspecified atom stereocenters. The maximum absolute atomic E-state index is 14.5. The summed E-state index contributed by atoms with van der Waals surface area (Å²) < 4.78 is 36.9. The van der Waals surface area contributed by atoms with Gasteiger partial charge in [0.25, 0.3) is 10.0 Å². The van der Waals surface area contributed by atoms with Gasteiger partial charge in [-0.25, -0.2) is 12.7 Å². The number of anilines is 1. The van der Waals surface area contributed by atoms with Crippen LogP contribution in [0.25, 0.3) is 17.0 Å². The van der Waals surface area contributed by atoms with Crippen LogP contribution in [0.15, 0.2) is 155 Å². The van der Waals surface area contributed by atoms with Crippen LogP contribution in [0, 0.1) is 6.92 Å². The Morgan fingerprint density at radius 2 is 1.31 bits per heavy atom. The zero-order valence-corrected chi connectivity index (χ0v) is 24.1. The third-order valence-electron chi connectivity index (χ3n) is 7.37. The first-order chi connectivity index (χ1) is 20.5. The summed E-state index contributed by atoms with van der Waals surface area (Å²) in [7, 11) is -4.01. The quantitative estimate of drug-likeness (QED) is 0.175. The smallest absolute Gasteiger partial charge is 0.266 e. The molecule has 0 aliphatic rings. The number of nitrogens with zero attached hydrogens (tertiary/aromatic N) is 1. The van der Waals surface area contributed by atoms with Crippen LogP contribution in [0.2, 0.25) is 0 Å². The first kappa shape index (κ1) is 27.3. The molecule has 1 atom stereocenters. The number of allylic oxidation sites excluding steroid dienone is 1. The van der Waals surface area contributed by atoms with E-state index in [0.717, 1.165) is 33.2 Å². The van der Waals surface area contributed by atoms with Crippen molar-refractivity contribution in [2.45, 2.75) is 24.3 Å². The number of benzene rings is 5. The predicted octanol–water partition coefficient (Wildman–Crippen LogP) is 8.98. The second kappa shape index (κ2) is 11.9. The van der Waals surface area contributed by atoms with Crippen LogP contribution in [0.5, 0.6) is 0 Å². The van der Waals surface area contributed by atoms with Gasteiger partial charge in [0.2, 0.25) is 5.88 Å². The van der Waals surface area contributed by atoms with Crippen LogP contribution >= 0.6 is 0 Å². The highest BCUT2D eigenvalue weighted by Crippen LogP contribution is 2.44. The Bertz CT molecular complexity index is 1910. The third-order valence-corrected chi connectivity index (χ3v) is 9.11. The van der Waals surface area contributed by atoms with Crippen LogP contribution in [0.3, 0.4) is 0 Å². The lowest BCUT2D eigenvalue weighted by atomic mass is 9.89. The second-order valence-corrected chi connectivity index (χ2v) is 12.1. The van der Waals surface area contributed by atoms with Crippen molar-refractivity contribution in [2.75, 3.05) is 4.31 Å². The van der Waals surface area contributed by atoms with E-state index < -0.39 is 10.0 Å². The number of sulfonamides is 1. The average molecular weight is 570 g/mol. The van der Waals surface area contributed by atoms with Crippen molar-refractivity contribution in [1.82, 2.24) is 0 Å². The molecule has 0 bridgehead atoms. The lowest BCUT2D eigenvalue weighted by molar-refractivity contribution is 0.568. The molecule has 5 heteroatoms. The van der Waals surface area contributed by atoms with Crippen molar-refractivity contribution < 1.29 is 12.8 Å². The SMILES string of the molecule is Cc1ccc(S(=O)(=O)N(Cc2ccccc2)c2oc3ccccc3c2C(/C=C/c2ccccc2)c2ccccc2)cc1. The number of para-hydroxylation sites is 1. The fourth-order valence-electron chi connectivity index (χ4n) is 5.20. The number of rotatable bonds is 9. The van der Waals surface area contributed by atoms with E-state index in [1.807, 2.05) is 110 Å². The molecule has 0 aliphatic carbocycles. The van der Waals surface area contributed by atoms with Gasteiger partial charge in [-0.2, -0.15) is 0 Å². The summed E-state index contributed by atoms with van der Waals surface area (Å²) in [6, 6.07) is 44.6. The second-order valence-electron chi connectivity index (χ2n) is 10.3. The van der Waals surface area contributed by atoms with Crippen molar-refractivity contribution >= 4 is 33.0 Å². The largest absolute Gasteiger partial charge is 0.439 e. The summed E-state index contributed by atoms with van der Waals surface area (Å²) in [4.78, 5) is 0.214. The van der Waals surface area contributed by atoms with E-state index in [1.165, 1.54) is 4.31 Å². The predicted molar refractivity (Wildman–Crippen MR) is 171 cm³/mol. The van der Waals surface area contributed by atoms with E-state index in [1.54, 1.807) is 12.1 Å². The molecule has 0 N–H and O–H groups in total. The lowest BCUT2D eigenvalue weighted by Gasteiger charge is -2.25. The van der Waals surface area contributed by atoms with E-state index in [9.17, 15) is 8.42 Å². The maximum Gasteiger partial charge on any atom is 0.266 e. The molecular weight excluding hydrogens is 538 g/mol. The van der Waals surface area contributed by atoms with Crippen LogP contribution < -0.4 is 4.31 Å². The van der Waals surface area contributed by atoms with Gasteiger partial charge in [-0.15, -0.1) is 0 Å². The Hall–Kier alpha value is -4.87. The molecule has 42 heavy (non-hydrogen) atoms. The summed E-state index contributed by atoms with van der Waals surface area (Å²) in [5.74, 6) is 0.0312. The minimum absolute atomic E-state index is 0.119. The molecule has 208 valence electrons. The van der Waals surface area contributed by atoms with E-state index in [2.05, 4.69) is 36.4 Å². The Kier molecular flexibility index (Phi) is 7.76. The molecule has 1 aromatic heterocycles. The monoisotopic (exact) mass is 569 g/mol. The minimum Gasteiger partial charge on any atom is -0.439 e. The first-order valence-corrected chi connectivity index (χ1v) is 15.4. The van der Waals surface area contributed by atoms with Crippen LogP contribution in [0.4, 0.5) is 5.88 Å². The highest BCUT2D eigenvalue weighted by atomic mass is 32.2. The molecule has 6 rings (SSSR count). The lowest BCUT2D eigenvalue weighted by Crippen LogP contribution is -2.31. The van der Waals surface area contributed by atoms with Crippen molar-refractivity contribution in [2.24, 2.45) is 0 Å². The van der Waals surface area contributed by atoms with Gasteiger partial charge in [-0.05, 0) is 41.8 Å². The molecule has 0 saturated heterocycles. The summed E-state index contributed by atoms with van der Waals surface area (Å²) in [5.41, 5.74) is 5.37. The van der Waals surface area contributed by atoms with Crippen molar-refractivity contribution in [1.29, 1.82) is 0 Å². The van der Waals surface area contributed by atoms with Gasteiger partial charge in [0.15, 0.2) is 0 Å². The average Bonchev–Trinajstić information content (AvgIpc) is 3.40. The summed E-state index contributed by atoms with van der Waals surface area (Å²) in [6.45, 7) is 2.06. The number of aryl methyl sites for hydroxylation is 1. The maximum atomic E-state index is 14.5. The van der Waals surface area contributed by atoms with Gasteiger partial charge in [0.05, 0.1) is 11.4 Å². The van der Waals surface area contributed by atoms with Crippen LogP contribution in [0.1, 0.15) is 33.7 Å². The van der Waals surface area contributed by atoms with Gasteiger partial charge in [0.1, 0.15) is 5.58 Å².